The van der Waals surface area contributed by atoms with Crippen molar-refractivity contribution in [3.8, 4) is 0 Å². The van der Waals surface area contributed by atoms with Gasteiger partial charge in [0, 0.05) is 17.9 Å². The smallest absolute Gasteiger partial charge is 0.338 e. The van der Waals surface area contributed by atoms with Gasteiger partial charge in [0.05, 0.1) is 23.6 Å². The molecular formula is C27H33N3O3S. The number of benzene rings is 2. The Bertz CT molecular complexity index is 1060. The normalized spacial score (nSPS) is 16.8. The van der Waals surface area contributed by atoms with Crippen molar-refractivity contribution in [2.24, 2.45) is 0 Å². The molecule has 7 heteroatoms. The minimum absolute atomic E-state index is 0.0473. The molecule has 0 aromatic heterocycles. The predicted octanol–water partition coefficient (Wildman–Crippen LogP) is 5.30. The molecule has 1 heterocycles. The van der Waals surface area contributed by atoms with Crippen LogP contribution in [0.5, 0.6) is 0 Å². The maximum absolute atomic E-state index is 13.0. The van der Waals surface area contributed by atoms with E-state index in [1.807, 2.05) is 94.1 Å². The average molecular weight is 480 g/mol. The zero-order valence-corrected chi connectivity index (χ0v) is 21.2. The van der Waals surface area contributed by atoms with E-state index in [4.69, 9.17) is 17.0 Å². The van der Waals surface area contributed by atoms with E-state index in [0.29, 0.717) is 29.3 Å². The molecule has 2 atom stereocenters. The Balaban J connectivity index is 1.84. The highest BCUT2D eigenvalue weighted by Crippen LogP contribution is 2.32. The Morgan fingerprint density at radius 2 is 1.74 bits per heavy atom. The molecule has 0 bridgehead atoms. The Labute approximate surface area is 207 Å². The number of nitrogens with zero attached hydrogens (tertiary/aromatic N) is 1. The average Bonchev–Trinajstić information content (AvgIpc) is 2.80. The van der Waals surface area contributed by atoms with Gasteiger partial charge in [0.2, 0.25) is 5.91 Å². The second-order valence-electron chi connectivity index (χ2n) is 8.56. The minimum atomic E-state index is -0.431. The number of esters is 1. The third-order valence-electron chi connectivity index (χ3n) is 5.91. The molecule has 0 fully saturated rings. The lowest BCUT2D eigenvalue weighted by molar-refractivity contribution is -0.143. The van der Waals surface area contributed by atoms with Crippen molar-refractivity contribution >= 4 is 34.9 Å². The van der Waals surface area contributed by atoms with Crippen LogP contribution in [0.4, 0.5) is 5.69 Å². The summed E-state index contributed by atoms with van der Waals surface area (Å²) in [5.74, 6) is -0.632. The number of carbonyl (C=O) groups excluding carboxylic acids is 2. The van der Waals surface area contributed by atoms with Gasteiger partial charge in [0.25, 0.3) is 0 Å². The second kappa shape index (κ2) is 11.3. The fourth-order valence-corrected chi connectivity index (χ4v) is 4.58. The summed E-state index contributed by atoms with van der Waals surface area (Å²) in [6.45, 7) is 10.2. The summed E-state index contributed by atoms with van der Waals surface area (Å²) in [7, 11) is 0. The first-order valence-corrected chi connectivity index (χ1v) is 12.1. The van der Waals surface area contributed by atoms with Crippen LogP contribution in [-0.4, -0.2) is 34.5 Å². The van der Waals surface area contributed by atoms with E-state index in [1.165, 1.54) is 0 Å². The summed E-state index contributed by atoms with van der Waals surface area (Å²) in [6.07, 6.45) is 0.475. The highest BCUT2D eigenvalue weighted by molar-refractivity contribution is 7.80. The fourth-order valence-electron chi connectivity index (χ4n) is 4.20. The number of anilines is 1. The van der Waals surface area contributed by atoms with Crippen LogP contribution in [0.25, 0.3) is 0 Å². The Morgan fingerprint density at radius 1 is 1.09 bits per heavy atom. The van der Waals surface area contributed by atoms with Gasteiger partial charge in [-0.3, -0.25) is 4.79 Å². The monoisotopic (exact) mass is 479 g/mol. The number of ether oxygens (including phenoxy) is 1. The molecule has 0 saturated carbocycles. The third-order valence-corrected chi connectivity index (χ3v) is 6.25. The molecule has 1 amide bonds. The number of rotatable bonds is 8. The van der Waals surface area contributed by atoms with Gasteiger partial charge in [0.1, 0.15) is 0 Å². The molecule has 0 saturated heterocycles. The lowest BCUT2D eigenvalue weighted by Crippen LogP contribution is -2.47. The largest absolute Gasteiger partial charge is 0.459 e. The molecule has 3 rings (SSSR count). The van der Waals surface area contributed by atoms with Crippen molar-refractivity contribution in [2.75, 3.05) is 11.9 Å². The number of carbonyl (C=O) groups is 2. The molecule has 2 aromatic carbocycles. The number of allylic oxidation sites excluding steroid dienone is 1. The van der Waals surface area contributed by atoms with Gasteiger partial charge < -0.3 is 20.3 Å². The summed E-state index contributed by atoms with van der Waals surface area (Å²) in [6, 6.07) is 16.8. The van der Waals surface area contributed by atoms with Crippen LogP contribution in [0, 0.1) is 0 Å². The predicted molar refractivity (Wildman–Crippen MR) is 139 cm³/mol. The first kappa shape index (κ1) is 25.4. The number of thiocarbonyl (C=S) groups is 1. The lowest BCUT2D eigenvalue weighted by atomic mass is 9.94. The Morgan fingerprint density at radius 3 is 2.29 bits per heavy atom. The lowest BCUT2D eigenvalue weighted by Gasteiger charge is -2.37. The summed E-state index contributed by atoms with van der Waals surface area (Å²) >= 11 is 5.55. The molecule has 0 radical (unpaired) electrons. The maximum Gasteiger partial charge on any atom is 0.338 e. The van der Waals surface area contributed by atoms with Crippen LogP contribution in [0.3, 0.4) is 0 Å². The summed E-state index contributed by atoms with van der Waals surface area (Å²) in [5, 5.41) is 6.87. The summed E-state index contributed by atoms with van der Waals surface area (Å²) < 4.78 is 5.53. The molecular weight excluding hydrogens is 446 g/mol. The van der Waals surface area contributed by atoms with Crippen molar-refractivity contribution < 1.29 is 14.3 Å². The second-order valence-corrected chi connectivity index (χ2v) is 8.95. The van der Waals surface area contributed by atoms with Crippen molar-refractivity contribution in [3.63, 3.8) is 0 Å². The number of nitrogens with one attached hydrogen (secondary N) is 2. The maximum atomic E-state index is 13.0. The molecule has 0 spiro atoms. The number of hydrogen-bond acceptors (Lipinski definition) is 4. The van der Waals surface area contributed by atoms with Crippen molar-refractivity contribution in [1.29, 1.82) is 0 Å². The standard InChI is InChI=1S/C27H33N3O3S/c1-6-22(19-11-9-8-10-12-19)25(31)28-21-15-13-20(14-16-21)24-23(26(32)33-17(3)4)18(5)30(7-2)27(34)29-24/h8-17,22,24H,6-7H2,1-5H3,(H,28,31)(H,29,34). The molecule has 6 nitrogen and oxygen atoms in total. The van der Waals surface area contributed by atoms with E-state index in [1.54, 1.807) is 0 Å². The third kappa shape index (κ3) is 5.65. The van der Waals surface area contributed by atoms with E-state index >= 15 is 0 Å². The molecule has 0 aliphatic carbocycles. The number of hydrogen-bond donors (Lipinski definition) is 2. The quantitative estimate of drug-likeness (QED) is 0.396. The van der Waals surface area contributed by atoms with Gasteiger partial charge in [-0.05, 0) is 69.6 Å². The van der Waals surface area contributed by atoms with Gasteiger partial charge in [-0.2, -0.15) is 0 Å². The number of amides is 1. The van der Waals surface area contributed by atoms with Crippen LogP contribution in [0.2, 0.25) is 0 Å². The van der Waals surface area contributed by atoms with Crippen LogP contribution >= 0.6 is 12.2 Å². The molecule has 1 aliphatic rings. The SMILES string of the molecule is CCC(C(=O)Nc1ccc(C2NC(=S)N(CC)C(C)=C2C(=O)OC(C)C)cc1)c1ccccc1. The van der Waals surface area contributed by atoms with Crippen LogP contribution in [0.15, 0.2) is 65.9 Å². The van der Waals surface area contributed by atoms with Crippen LogP contribution in [0.1, 0.15) is 64.1 Å². The molecule has 2 aromatic rings. The molecule has 1 aliphatic heterocycles. The van der Waals surface area contributed by atoms with Gasteiger partial charge in [-0.15, -0.1) is 0 Å². The van der Waals surface area contributed by atoms with Gasteiger partial charge >= 0.3 is 5.97 Å². The van der Waals surface area contributed by atoms with Gasteiger partial charge in [0.15, 0.2) is 5.11 Å². The van der Waals surface area contributed by atoms with Crippen LogP contribution in [-0.2, 0) is 14.3 Å². The molecule has 34 heavy (non-hydrogen) atoms. The summed E-state index contributed by atoms with van der Waals surface area (Å²) in [5.41, 5.74) is 3.88. The van der Waals surface area contributed by atoms with Gasteiger partial charge in [-0.25, -0.2) is 4.79 Å². The first-order chi connectivity index (χ1) is 16.3. The van der Waals surface area contributed by atoms with E-state index in [-0.39, 0.29) is 23.9 Å². The van der Waals surface area contributed by atoms with E-state index < -0.39 is 6.04 Å². The Hall–Kier alpha value is -3.19. The molecule has 2 N–H and O–H groups in total. The highest BCUT2D eigenvalue weighted by atomic mass is 32.1. The van der Waals surface area contributed by atoms with Crippen LogP contribution < -0.4 is 10.6 Å². The fraction of sp³-hybridized carbons (Fsp3) is 0.370. The molecule has 180 valence electrons. The van der Waals surface area contributed by atoms with E-state index in [2.05, 4.69) is 10.6 Å². The van der Waals surface area contributed by atoms with Crippen molar-refractivity contribution in [2.45, 2.75) is 59.1 Å². The van der Waals surface area contributed by atoms with Crippen molar-refractivity contribution in [3.05, 3.63) is 77.0 Å². The zero-order chi connectivity index (χ0) is 24.8. The topological polar surface area (TPSA) is 70.7 Å². The van der Waals surface area contributed by atoms with E-state index in [9.17, 15) is 9.59 Å². The molecule has 2 unspecified atom stereocenters. The highest BCUT2D eigenvalue weighted by Gasteiger charge is 2.34. The zero-order valence-electron chi connectivity index (χ0n) is 20.4. The summed E-state index contributed by atoms with van der Waals surface area (Å²) in [4.78, 5) is 27.8. The first-order valence-electron chi connectivity index (χ1n) is 11.7. The van der Waals surface area contributed by atoms with Crippen molar-refractivity contribution in [1.82, 2.24) is 10.2 Å². The van der Waals surface area contributed by atoms with Gasteiger partial charge in [-0.1, -0.05) is 49.4 Å². The Kier molecular flexibility index (Phi) is 8.45. The minimum Gasteiger partial charge on any atom is -0.459 e. The van der Waals surface area contributed by atoms with E-state index in [0.717, 1.165) is 16.8 Å².